The summed E-state index contributed by atoms with van der Waals surface area (Å²) in [6.45, 7) is 3.84. The third kappa shape index (κ3) is 3.06. The Morgan fingerprint density at radius 1 is 1.03 bits per heavy atom. The number of hydrogen-bond donors (Lipinski definition) is 0. The third-order valence-corrected chi connectivity index (χ3v) is 6.06. The molecule has 0 unspecified atom stereocenters. The van der Waals surface area contributed by atoms with Crippen molar-refractivity contribution in [2.75, 3.05) is 7.11 Å². The molecule has 0 radical (unpaired) electrons. The van der Waals surface area contributed by atoms with Gasteiger partial charge in [-0.25, -0.2) is 19.2 Å². The molecule has 33 heavy (non-hydrogen) atoms. The van der Waals surface area contributed by atoms with Crippen molar-refractivity contribution in [2.45, 2.75) is 19.8 Å². The van der Waals surface area contributed by atoms with Gasteiger partial charge in [0.05, 0.1) is 35.5 Å². The molecule has 0 fully saturated rings. The zero-order valence-electron chi connectivity index (χ0n) is 18.2. The average molecular weight is 459 g/mol. The molecule has 5 aromatic rings. The van der Waals surface area contributed by atoms with E-state index in [0.29, 0.717) is 28.3 Å². The van der Waals surface area contributed by atoms with E-state index >= 15 is 0 Å². The molecule has 0 N–H and O–H groups in total. The average Bonchev–Trinajstić information content (AvgIpc) is 3.37. The first-order valence-electron chi connectivity index (χ1n) is 10.4. The summed E-state index contributed by atoms with van der Waals surface area (Å²) in [5, 5.41) is 9.89. The number of aromatic nitrogens is 6. The maximum Gasteiger partial charge on any atom is 0.230 e. The minimum Gasteiger partial charge on any atom is -0.497 e. The lowest BCUT2D eigenvalue weighted by molar-refractivity contribution is 0.402. The lowest BCUT2D eigenvalue weighted by Crippen LogP contribution is -2.16. The van der Waals surface area contributed by atoms with Crippen LogP contribution in [0.2, 0.25) is 5.02 Å². The van der Waals surface area contributed by atoms with Gasteiger partial charge in [-0.05, 0) is 49.7 Å². The summed E-state index contributed by atoms with van der Waals surface area (Å²) in [6, 6.07) is 15.5. The molecule has 6 rings (SSSR count). The fourth-order valence-corrected chi connectivity index (χ4v) is 4.58. The van der Waals surface area contributed by atoms with Crippen LogP contribution in [-0.2, 0) is 0 Å². The Hall–Kier alpha value is -3.91. The van der Waals surface area contributed by atoms with Crippen LogP contribution in [-0.4, -0.2) is 36.5 Å². The van der Waals surface area contributed by atoms with E-state index in [1.54, 1.807) is 22.6 Å². The van der Waals surface area contributed by atoms with Gasteiger partial charge in [0.1, 0.15) is 17.9 Å². The van der Waals surface area contributed by atoms with Crippen molar-refractivity contribution in [3.63, 3.8) is 0 Å². The van der Waals surface area contributed by atoms with E-state index < -0.39 is 0 Å². The van der Waals surface area contributed by atoms with Crippen LogP contribution in [0.15, 0.2) is 54.9 Å². The number of ether oxygens (including phenoxy) is 2. The highest BCUT2D eigenvalue weighted by Crippen LogP contribution is 2.49. The molecule has 164 valence electrons. The van der Waals surface area contributed by atoms with Gasteiger partial charge < -0.3 is 9.47 Å². The highest BCUT2D eigenvalue weighted by atomic mass is 35.5. The van der Waals surface area contributed by atoms with Crippen LogP contribution >= 0.6 is 11.6 Å². The van der Waals surface area contributed by atoms with Gasteiger partial charge in [0.15, 0.2) is 5.65 Å². The standard InChI is InChI=1S/C24H19ClN6O2/c1-13-19-20(15-7-9-18(32-3)10-8-15)21-22-27-14(2)29-30(22)12-26-23(21)33-24(19)31(28-13)17-6-4-5-16(25)11-17/h4-12,20H,1-3H3/t20-/m0/s1. The lowest BCUT2D eigenvalue weighted by atomic mass is 9.84. The molecule has 8 nitrogen and oxygen atoms in total. The van der Waals surface area contributed by atoms with Crippen LogP contribution < -0.4 is 9.47 Å². The van der Waals surface area contributed by atoms with E-state index in [1.165, 1.54) is 0 Å². The minimum absolute atomic E-state index is 0.206. The van der Waals surface area contributed by atoms with E-state index in [0.717, 1.165) is 33.8 Å². The molecule has 0 saturated carbocycles. The second-order valence-corrected chi connectivity index (χ2v) is 8.33. The van der Waals surface area contributed by atoms with Gasteiger partial charge in [-0.1, -0.05) is 29.8 Å². The molecule has 9 heteroatoms. The molecule has 1 aliphatic heterocycles. The summed E-state index contributed by atoms with van der Waals surface area (Å²) in [7, 11) is 1.66. The Balaban J connectivity index is 1.64. The number of hydrogen-bond acceptors (Lipinski definition) is 6. The third-order valence-electron chi connectivity index (χ3n) is 5.83. The predicted molar refractivity (Wildman–Crippen MR) is 123 cm³/mol. The Morgan fingerprint density at radius 2 is 1.85 bits per heavy atom. The van der Waals surface area contributed by atoms with E-state index in [2.05, 4.69) is 15.1 Å². The van der Waals surface area contributed by atoms with Crippen molar-refractivity contribution < 1.29 is 9.47 Å². The first-order chi connectivity index (χ1) is 16.0. The van der Waals surface area contributed by atoms with Crippen LogP contribution in [0.5, 0.6) is 17.5 Å². The Bertz CT molecular complexity index is 1520. The molecule has 0 bridgehead atoms. The molecule has 0 amide bonds. The molecule has 4 heterocycles. The Labute approximate surface area is 194 Å². The summed E-state index contributed by atoms with van der Waals surface area (Å²) in [4.78, 5) is 9.25. The zero-order valence-corrected chi connectivity index (χ0v) is 18.9. The fourth-order valence-electron chi connectivity index (χ4n) is 4.40. The molecule has 0 saturated heterocycles. The summed E-state index contributed by atoms with van der Waals surface area (Å²) in [5.74, 6) is 2.33. The quantitative estimate of drug-likeness (QED) is 0.376. The van der Waals surface area contributed by atoms with Crippen molar-refractivity contribution in [2.24, 2.45) is 0 Å². The van der Waals surface area contributed by atoms with Crippen LogP contribution in [0.4, 0.5) is 0 Å². The summed E-state index contributed by atoms with van der Waals surface area (Å²) in [5.41, 5.74) is 5.20. The Morgan fingerprint density at radius 3 is 2.61 bits per heavy atom. The summed E-state index contributed by atoms with van der Waals surface area (Å²) < 4.78 is 15.2. The summed E-state index contributed by atoms with van der Waals surface area (Å²) >= 11 is 6.26. The van der Waals surface area contributed by atoms with E-state index in [9.17, 15) is 0 Å². The van der Waals surface area contributed by atoms with E-state index in [-0.39, 0.29) is 5.92 Å². The van der Waals surface area contributed by atoms with Crippen molar-refractivity contribution in [1.82, 2.24) is 29.4 Å². The van der Waals surface area contributed by atoms with Gasteiger partial charge in [0.25, 0.3) is 0 Å². The Kier molecular flexibility index (Phi) is 4.38. The lowest BCUT2D eigenvalue weighted by Gasteiger charge is -2.26. The molecular weight excluding hydrogens is 440 g/mol. The number of methoxy groups -OCH3 is 1. The first-order valence-corrected chi connectivity index (χ1v) is 10.8. The second-order valence-electron chi connectivity index (χ2n) is 7.89. The van der Waals surface area contributed by atoms with Gasteiger partial charge in [-0.15, -0.1) is 0 Å². The molecule has 0 spiro atoms. The monoisotopic (exact) mass is 458 g/mol. The number of aryl methyl sites for hydroxylation is 2. The van der Waals surface area contributed by atoms with Gasteiger partial charge >= 0.3 is 0 Å². The first kappa shape index (κ1) is 19.8. The number of halogens is 1. The number of fused-ring (bicyclic) bond motifs is 4. The van der Waals surface area contributed by atoms with Gasteiger partial charge in [-0.3, -0.25) is 0 Å². The number of nitrogens with zero attached hydrogens (tertiary/aromatic N) is 6. The van der Waals surface area contributed by atoms with Gasteiger partial charge in [-0.2, -0.15) is 10.2 Å². The van der Waals surface area contributed by atoms with Crippen LogP contribution in [0.3, 0.4) is 0 Å². The maximum atomic E-state index is 6.38. The van der Waals surface area contributed by atoms with Crippen LogP contribution in [0.1, 0.15) is 34.1 Å². The molecule has 1 atom stereocenters. The fraction of sp³-hybridized carbons (Fsp3) is 0.167. The highest BCUT2D eigenvalue weighted by Gasteiger charge is 2.38. The molecular formula is C24H19ClN6O2. The predicted octanol–water partition coefficient (Wildman–Crippen LogP) is 4.87. The van der Waals surface area contributed by atoms with Crippen molar-refractivity contribution in [1.29, 1.82) is 0 Å². The van der Waals surface area contributed by atoms with E-state index in [4.69, 9.17) is 26.2 Å². The normalized spacial score (nSPS) is 14.6. The van der Waals surface area contributed by atoms with Crippen LogP contribution in [0.25, 0.3) is 11.3 Å². The topological polar surface area (TPSA) is 79.4 Å². The second kappa shape index (κ2) is 7.31. The minimum atomic E-state index is -0.206. The van der Waals surface area contributed by atoms with Gasteiger partial charge in [0, 0.05) is 5.02 Å². The van der Waals surface area contributed by atoms with Crippen LogP contribution in [0, 0.1) is 13.8 Å². The number of rotatable bonds is 3. The zero-order chi connectivity index (χ0) is 22.7. The maximum absolute atomic E-state index is 6.38. The molecule has 2 aromatic carbocycles. The van der Waals surface area contributed by atoms with E-state index in [1.807, 2.05) is 62.4 Å². The van der Waals surface area contributed by atoms with Crippen molar-refractivity contribution >= 4 is 17.2 Å². The van der Waals surface area contributed by atoms with Gasteiger partial charge in [0.2, 0.25) is 11.8 Å². The van der Waals surface area contributed by atoms with Crippen molar-refractivity contribution in [3.8, 4) is 23.2 Å². The molecule has 1 aliphatic rings. The highest BCUT2D eigenvalue weighted by molar-refractivity contribution is 6.30. The molecule has 3 aromatic heterocycles. The van der Waals surface area contributed by atoms with Crippen molar-refractivity contribution in [3.05, 3.63) is 88.1 Å². The summed E-state index contributed by atoms with van der Waals surface area (Å²) in [6.07, 6.45) is 1.62. The SMILES string of the molecule is COc1ccc([C@H]2c3c(C)nn(-c4cccc(Cl)c4)c3Oc3ncn4nc(C)nc4c32)cc1. The molecule has 0 aliphatic carbocycles. The largest absolute Gasteiger partial charge is 0.497 e. The smallest absolute Gasteiger partial charge is 0.230 e. The number of benzene rings is 2.